The maximum Gasteiger partial charge on any atom is 0.335 e. The lowest BCUT2D eigenvalue weighted by Gasteiger charge is -2.11. The van der Waals surface area contributed by atoms with E-state index in [1.165, 1.54) is 24.5 Å². The molecule has 9 nitrogen and oxygen atoms in total. The molecule has 3 rings (SSSR count). The number of carbonyl (C=O) groups excluding carboxylic acids is 1. The number of carboxylic acid groups (broad SMARTS) is 2. The molecule has 1 aromatic heterocycles. The number of rotatable bonds is 5. The quantitative estimate of drug-likeness (QED) is 0.493. The van der Waals surface area contributed by atoms with Gasteiger partial charge in [0.1, 0.15) is 6.33 Å². The van der Waals surface area contributed by atoms with Crippen molar-refractivity contribution in [1.82, 2.24) is 9.97 Å². The van der Waals surface area contributed by atoms with Crippen molar-refractivity contribution in [2.45, 2.75) is 0 Å². The number of benzene rings is 2. The minimum absolute atomic E-state index is 0.0298. The third-order valence-electron chi connectivity index (χ3n) is 3.87. The molecule has 1 heterocycles. The van der Waals surface area contributed by atoms with Gasteiger partial charge < -0.3 is 21.3 Å². The number of nitrogens with zero attached hydrogens (tertiary/aromatic N) is 2. The molecule has 1 amide bonds. The van der Waals surface area contributed by atoms with E-state index in [1.807, 2.05) is 0 Å². The number of hydrogen-bond acceptors (Lipinski definition) is 6. The summed E-state index contributed by atoms with van der Waals surface area (Å²) in [7, 11) is 0. The van der Waals surface area contributed by atoms with Crippen LogP contribution in [0.15, 0.2) is 55.1 Å². The normalized spacial score (nSPS) is 10.3. The fraction of sp³-hybridized carbons (Fsp3) is 0. The minimum atomic E-state index is -1.31. The van der Waals surface area contributed by atoms with Gasteiger partial charge >= 0.3 is 11.9 Å². The zero-order valence-corrected chi connectivity index (χ0v) is 14.3. The highest BCUT2D eigenvalue weighted by Gasteiger charge is 2.15. The smallest absolute Gasteiger partial charge is 0.335 e. The molecule has 0 spiro atoms. The van der Waals surface area contributed by atoms with Crippen molar-refractivity contribution >= 4 is 29.2 Å². The predicted molar refractivity (Wildman–Crippen MR) is 100 cm³/mol. The van der Waals surface area contributed by atoms with Gasteiger partial charge in [-0.15, -0.1) is 0 Å². The first-order valence-corrected chi connectivity index (χ1v) is 7.93. The number of carboxylic acids is 2. The van der Waals surface area contributed by atoms with Crippen molar-refractivity contribution in [3.63, 3.8) is 0 Å². The van der Waals surface area contributed by atoms with Gasteiger partial charge in [-0.05, 0) is 35.9 Å². The molecule has 3 aromatic rings. The van der Waals surface area contributed by atoms with Crippen LogP contribution in [0.2, 0.25) is 0 Å². The Morgan fingerprint density at radius 1 is 0.857 bits per heavy atom. The monoisotopic (exact) mass is 378 g/mol. The summed E-state index contributed by atoms with van der Waals surface area (Å²) in [6, 6.07) is 8.10. The van der Waals surface area contributed by atoms with Crippen LogP contribution >= 0.6 is 0 Å². The van der Waals surface area contributed by atoms with Crippen LogP contribution in [-0.4, -0.2) is 38.0 Å². The molecule has 0 saturated carbocycles. The van der Waals surface area contributed by atoms with Crippen LogP contribution in [-0.2, 0) is 0 Å². The molecule has 5 N–H and O–H groups in total. The Hall–Kier alpha value is -4.27. The second-order valence-electron chi connectivity index (χ2n) is 5.79. The molecule has 0 radical (unpaired) electrons. The topological polar surface area (TPSA) is 156 Å². The van der Waals surface area contributed by atoms with Gasteiger partial charge in [-0.1, -0.05) is 6.07 Å². The summed E-state index contributed by atoms with van der Waals surface area (Å²) in [5.41, 5.74) is 7.27. The van der Waals surface area contributed by atoms with Crippen molar-refractivity contribution in [3.05, 3.63) is 71.8 Å². The first kappa shape index (κ1) is 18.5. The van der Waals surface area contributed by atoms with Crippen LogP contribution in [0.25, 0.3) is 11.1 Å². The lowest BCUT2D eigenvalue weighted by atomic mass is 10.0. The van der Waals surface area contributed by atoms with Gasteiger partial charge in [0.15, 0.2) is 0 Å². The summed E-state index contributed by atoms with van der Waals surface area (Å²) in [5, 5.41) is 20.7. The van der Waals surface area contributed by atoms with E-state index in [0.29, 0.717) is 0 Å². The Bertz CT molecular complexity index is 1050. The van der Waals surface area contributed by atoms with Crippen molar-refractivity contribution in [2.24, 2.45) is 0 Å². The van der Waals surface area contributed by atoms with Gasteiger partial charge in [-0.25, -0.2) is 19.6 Å². The Labute approximate surface area is 158 Å². The molecule has 9 heteroatoms. The molecule has 0 unspecified atom stereocenters. The van der Waals surface area contributed by atoms with Gasteiger partial charge in [0.05, 0.1) is 16.7 Å². The number of hydrogen-bond donors (Lipinski definition) is 4. The van der Waals surface area contributed by atoms with Crippen LogP contribution in [0.5, 0.6) is 0 Å². The predicted octanol–water partition coefficient (Wildman–Crippen LogP) is 2.37. The van der Waals surface area contributed by atoms with E-state index >= 15 is 0 Å². The maximum absolute atomic E-state index is 12.5. The molecule has 0 atom stereocenters. The molecule has 0 saturated heterocycles. The van der Waals surface area contributed by atoms with E-state index < -0.39 is 17.8 Å². The van der Waals surface area contributed by atoms with Crippen molar-refractivity contribution in [3.8, 4) is 11.1 Å². The van der Waals surface area contributed by atoms with E-state index in [-0.39, 0.29) is 28.1 Å². The summed E-state index contributed by atoms with van der Waals surface area (Å²) < 4.78 is 0. The van der Waals surface area contributed by atoms with Crippen molar-refractivity contribution in [2.75, 3.05) is 11.1 Å². The number of aromatic carboxylic acids is 2. The summed E-state index contributed by atoms with van der Waals surface area (Å²) in [6.07, 6.45) is 4.60. The molecule has 2 aromatic carbocycles. The Morgan fingerprint density at radius 3 is 2.00 bits per heavy atom. The molecule has 0 bridgehead atoms. The zero-order chi connectivity index (χ0) is 20.3. The second-order valence-corrected chi connectivity index (χ2v) is 5.79. The third-order valence-corrected chi connectivity index (χ3v) is 3.87. The van der Waals surface area contributed by atoms with Crippen molar-refractivity contribution < 1.29 is 24.6 Å². The Morgan fingerprint density at radius 2 is 1.46 bits per heavy atom. The van der Waals surface area contributed by atoms with Gasteiger partial charge in [0.25, 0.3) is 5.91 Å². The number of aromatic nitrogens is 2. The number of nitrogens with two attached hydrogens (primary N) is 1. The lowest BCUT2D eigenvalue weighted by molar-refractivity contribution is 0.0696. The Balaban J connectivity index is 1.89. The number of anilines is 2. The van der Waals surface area contributed by atoms with Gasteiger partial charge in [-0.3, -0.25) is 4.79 Å². The maximum atomic E-state index is 12.5. The highest BCUT2D eigenvalue weighted by atomic mass is 16.4. The van der Waals surface area contributed by atoms with Gasteiger partial charge in [-0.2, -0.15) is 0 Å². The molecule has 140 valence electrons. The lowest BCUT2D eigenvalue weighted by Crippen LogP contribution is -2.15. The standard InChI is InChI=1S/C19H14N4O5/c20-16-6-10(13-7-21-9-22-8-13)1-2-15(16)17(24)23-14-4-11(18(25)26)3-12(5-14)19(27)28/h1-9H,20H2,(H,23,24)(H,25,26)(H,27,28). The largest absolute Gasteiger partial charge is 0.478 e. The SMILES string of the molecule is Nc1cc(-c2cncnc2)ccc1C(=O)Nc1cc(C(=O)O)cc(C(=O)O)c1. The van der Waals surface area contributed by atoms with Crippen LogP contribution in [0, 0.1) is 0 Å². The van der Waals surface area contributed by atoms with E-state index in [1.54, 1.807) is 24.5 Å². The summed E-state index contributed by atoms with van der Waals surface area (Å²) >= 11 is 0. The molecule has 0 aliphatic rings. The van der Waals surface area contributed by atoms with Crippen LogP contribution in [0.4, 0.5) is 11.4 Å². The average Bonchev–Trinajstić information content (AvgIpc) is 2.68. The fourth-order valence-corrected chi connectivity index (χ4v) is 2.54. The molecular formula is C19H14N4O5. The van der Waals surface area contributed by atoms with E-state index in [0.717, 1.165) is 17.2 Å². The third kappa shape index (κ3) is 3.93. The highest BCUT2D eigenvalue weighted by molar-refractivity contribution is 6.09. The number of carbonyl (C=O) groups is 3. The van der Waals surface area contributed by atoms with Gasteiger partial charge in [0.2, 0.25) is 0 Å². The van der Waals surface area contributed by atoms with E-state index in [4.69, 9.17) is 15.9 Å². The van der Waals surface area contributed by atoms with E-state index in [2.05, 4.69) is 15.3 Å². The van der Waals surface area contributed by atoms with E-state index in [9.17, 15) is 14.4 Å². The highest BCUT2D eigenvalue weighted by Crippen LogP contribution is 2.24. The summed E-state index contributed by atoms with van der Waals surface area (Å²) in [4.78, 5) is 42.7. The van der Waals surface area contributed by atoms with Crippen LogP contribution in [0.3, 0.4) is 0 Å². The van der Waals surface area contributed by atoms with Gasteiger partial charge in [0, 0.05) is 29.3 Å². The Kier molecular flexibility index (Phi) is 4.99. The molecule has 0 fully saturated rings. The first-order chi connectivity index (χ1) is 13.3. The summed E-state index contributed by atoms with van der Waals surface area (Å²) in [6.45, 7) is 0. The molecule has 0 aliphatic heterocycles. The minimum Gasteiger partial charge on any atom is -0.478 e. The molecule has 0 aliphatic carbocycles. The zero-order valence-electron chi connectivity index (χ0n) is 14.3. The average molecular weight is 378 g/mol. The number of nitrogens with one attached hydrogen (secondary N) is 1. The first-order valence-electron chi connectivity index (χ1n) is 7.93. The van der Waals surface area contributed by atoms with Crippen LogP contribution in [0.1, 0.15) is 31.1 Å². The van der Waals surface area contributed by atoms with Crippen LogP contribution < -0.4 is 11.1 Å². The number of amides is 1. The second kappa shape index (κ2) is 7.54. The number of nitrogen functional groups attached to an aromatic ring is 1. The molecular weight excluding hydrogens is 364 g/mol. The molecule has 28 heavy (non-hydrogen) atoms. The fourth-order valence-electron chi connectivity index (χ4n) is 2.54. The summed E-state index contributed by atoms with van der Waals surface area (Å²) in [5.74, 6) is -3.23. The van der Waals surface area contributed by atoms with Crippen molar-refractivity contribution in [1.29, 1.82) is 0 Å².